The number of rotatable bonds is 3. The van der Waals surface area contributed by atoms with Gasteiger partial charge in [0.2, 0.25) is 0 Å². The van der Waals surface area contributed by atoms with E-state index in [-0.39, 0.29) is 0 Å². The molecule has 0 aromatic heterocycles. The fourth-order valence-corrected chi connectivity index (χ4v) is 3.75. The van der Waals surface area contributed by atoms with E-state index < -0.39 is 0 Å². The van der Waals surface area contributed by atoms with Crippen LogP contribution in [0.15, 0.2) is 0 Å². The Kier molecular flexibility index (Phi) is 5.08. The van der Waals surface area contributed by atoms with Crippen molar-refractivity contribution in [1.82, 2.24) is 10.2 Å². The molecule has 0 bridgehead atoms. The number of hydrogen-bond donors (Lipinski definition) is 1. The van der Waals surface area contributed by atoms with Crippen molar-refractivity contribution in [3.8, 4) is 0 Å². The van der Waals surface area contributed by atoms with Gasteiger partial charge in [0, 0.05) is 31.2 Å². The van der Waals surface area contributed by atoms with Crippen LogP contribution in [0.1, 0.15) is 59.8 Å². The molecule has 1 saturated carbocycles. The predicted molar refractivity (Wildman–Crippen MR) is 78.8 cm³/mol. The minimum absolute atomic E-state index is 0.699. The molecule has 106 valence electrons. The van der Waals surface area contributed by atoms with Crippen LogP contribution in [0.25, 0.3) is 0 Å². The van der Waals surface area contributed by atoms with E-state index in [4.69, 9.17) is 0 Å². The second-order valence-electron chi connectivity index (χ2n) is 6.89. The van der Waals surface area contributed by atoms with Gasteiger partial charge >= 0.3 is 0 Å². The first-order valence-corrected chi connectivity index (χ1v) is 8.11. The Hall–Kier alpha value is -0.0800. The van der Waals surface area contributed by atoms with E-state index in [1.54, 1.807) is 0 Å². The van der Waals surface area contributed by atoms with Crippen molar-refractivity contribution in [3.05, 3.63) is 0 Å². The van der Waals surface area contributed by atoms with Gasteiger partial charge in [0.15, 0.2) is 0 Å². The Morgan fingerprint density at radius 3 is 2.39 bits per heavy atom. The monoisotopic (exact) mass is 252 g/mol. The van der Waals surface area contributed by atoms with E-state index in [9.17, 15) is 0 Å². The van der Waals surface area contributed by atoms with Crippen LogP contribution in [0.4, 0.5) is 0 Å². The maximum atomic E-state index is 3.72. The van der Waals surface area contributed by atoms with Crippen molar-refractivity contribution in [2.24, 2.45) is 11.8 Å². The summed E-state index contributed by atoms with van der Waals surface area (Å²) in [6.45, 7) is 11.9. The molecule has 2 atom stereocenters. The quantitative estimate of drug-likeness (QED) is 0.829. The first-order valence-electron chi connectivity index (χ1n) is 8.11. The zero-order valence-electron chi connectivity index (χ0n) is 12.8. The number of nitrogens with one attached hydrogen (secondary N) is 1. The van der Waals surface area contributed by atoms with Crippen molar-refractivity contribution in [2.75, 3.05) is 13.1 Å². The smallest absolute Gasteiger partial charge is 0.0218 e. The van der Waals surface area contributed by atoms with Gasteiger partial charge in [0.05, 0.1) is 0 Å². The Balaban J connectivity index is 1.90. The largest absolute Gasteiger partial charge is 0.311 e. The highest BCUT2D eigenvalue weighted by Gasteiger charge is 2.33. The molecule has 2 heteroatoms. The highest BCUT2D eigenvalue weighted by molar-refractivity contribution is 4.90. The summed E-state index contributed by atoms with van der Waals surface area (Å²) in [5.41, 5.74) is 0. The summed E-state index contributed by atoms with van der Waals surface area (Å²) in [7, 11) is 0. The summed E-state index contributed by atoms with van der Waals surface area (Å²) < 4.78 is 0. The van der Waals surface area contributed by atoms with Gasteiger partial charge in [0.1, 0.15) is 0 Å². The lowest BCUT2D eigenvalue weighted by Crippen LogP contribution is -2.60. The van der Waals surface area contributed by atoms with Gasteiger partial charge in [-0.3, -0.25) is 4.90 Å². The summed E-state index contributed by atoms with van der Waals surface area (Å²) in [5, 5.41) is 3.72. The number of hydrogen-bond acceptors (Lipinski definition) is 2. The topological polar surface area (TPSA) is 15.3 Å². The summed E-state index contributed by atoms with van der Waals surface area (Å²) in [6, 6.07) is 2.29. The molecule has 2 nitrogen and oxygen atoms in total. The third-order valence-corrected chi connectivity index (χ3v) is 5.32. The van der Waals surface area contributed by atoms with Crippen molar-refractivity contribution < 1.29 is 0 Å². The molecular formula is C16H32N2. The van der Waals surface area contributed by atoms with Crippen LogP contribution >= 0.6 is 0 Å². The Morgan fingerprint density at radius 1 is 1.17 bits per heavy atom. The van der Waals surface area contributed by atoms with Crippen LogP contribution in [0.3, 0.4) is 0 Å². The SMILES string of the molecule is CCC1CCC(N2CC(C(C)C)NCC2C)CC1. The first kappa shape index (κ1) is 14.3. The maximum absolute atomic E-state index is 3.72. The van der Waals surface area contributed by atoms with Crippen molar-refractivity contribution in [1.29, 1.82) is 0 Å². The zero-order valence-corrected chi connectivity index (χ0v) is 12.8. The van der Waals surface area contributed by atoms with Gasteiger partial charge < -0.3 is 5.32 Å². The van der Waals surface area contributed by atoms with Crippen molar-refractivity contribution in [2.45, 2.75) is 77.9 Å². The first-order chi connectivity index (χ1) is 8.61. The summed E-state index contributed by atoms with van der Waals surface area (Å²) in [6.07, 6.45) is 7.19. The third-order valence-electron chi connectivity index (χ3n) is 5.32. The van der Waals surface area contributed by atoms with Crippen LogP contribution in [0, 0.1) is 11.8 Å². The lowest BCUT2D eigenvalue weighted by atomic mass is 9.83. The normalized spacial score (nSPS) is 39.2. The fourth-order valence-electron chi connectivity index (χ4n) is 3.75. The number of piperazine rings is 1. The maximum Gasteiger partial charge on any atom is 0.0218 e. The molecule has 18 heavy (non-hydrogen) atoms. The van der Waals surface area contributed by atoms with Crippen molar-refractivity contribution >= 4 is 0 Å². The van der Waals surface area contributed by atoms with Gasteiger partial charge in [0.25, 0.3) is 0 Å². The Bertz CT molecular complexity index is 243. The third kappa shape index (κ3) is 3.27. The van der Waals surface area contributed by atoms with Crippen LogP contribution in [-0.4, -0.2) is 36.1 Å². The van der Waals surface area contributed by atoms with Gasteiger partial charge in [-0.2, -0.15) is 0 Å². The molecule has 2 rings (SSSR count). The van der Waals surface area contributed by atoms with Gasteiger partial charge in [-0.1, -0.05) is 27.2 Å². The number of nitrogens with zero attached hydrogens (tertiary/aromatic N) is 1. The van der Waals surface area contributed by atoms with Crippen LogP contribution in [0.2, 0.25) is 0 Å². The summed E-state index contributed by atoms with van der Waals surface area (Å²) >= 11 is 0. The fraction of sp³-hybridized carbons (Fsp3) is 1.00. The molecule has 0 spiro atoms. The van der Waals surface area contributed by atoms with Crippen molar-refractivity contribution in [3.63, 3.8) is 0 Å². The average molecular weight is 252 g/mol. The molecular weight excluding hydrogens is 220 g/mol. The molecule has 1 heterocycles. The second kappa shape index (κ2) is 6.38. The van der Waals surface area contributed by atoms with Gasteiger partial charge in [-0.05, 0) is 44.4 Å². The molecule has 2 aliphatic rings. The van der Waals surface area contributed by atoms with Crippen LogP contribution in [0.5, 0.6) is 0 Å². The molecule has 1 aliphatic carbocycles. The van der Waals surface area contributed by atoms with Gasteiger partial charge in [-0.25, -0.2) is 0 Å². The molecule has 1 N–H and O–H groups in total. The minimum atomic E-state index is 0.699. The molecule has 1 aliphatic heterocycles. The summed E-state index contributed by atoms with van der Waals surface area (Å²) in [5.74, 6) is 1.77. The van der Waals surface area contributed by atoms with Crippen LogP contribution in [-0.2, 0) is 0 Å². The lowest BCUT2D eigenvalue weighted by molar-refractivity contribution is 0.0510. The minimum Gasteiger partial charge on any atom is -0.311 e. The zero-order chi connectivity index (χ0) is 13.1. The van der Waals surface area contributed by atoms with Gasteiger partial charge in [-0.15, -0.1) is 0 Å². The van der Waals surface area contributed by atoms with E-state index in [0.717, 1.165) is 23.9 Å². The Morgan fingerprint density at radius 2 is 1.83 bits per heavy atom. The lowest BCUT2D eigenvalue weighted by Gasteiger charge is -2.46. The second-order valence-corrected chi connectivity index (χ2v) is 6.89. The van der Waals surface area contributed by atoms with E-state index in [1.807, 2.05) is 0 Å². The van der Waals surface area contributed by atoms with E-state index in [0.29, 0.717) is 6.04 Å². The molecule has 0 amide bonds. The van der Waals surface area contributed by atoms with E-state index in [2.05, 4.69) is 37.9 Å². The van der Waals surface area contributed by atoms with E-state index in [1.165, 1.54) is 45.2 Å². The molecule has 1 saturated heterocycles. The Labute approximate surface area is 114 Å². The predicted octanol–water partition coefficient (Wildman–Crippen LogP) is 3.27. The van der Waals surface area contributed by atoms with Crippen LogP contribution < -0.4 is 5.32 Å². The molecule has 0 aromatic rings. The summed E-state index contributed by atoms with van der Waals surface area (Å²) in [4.78, 5) is 2.81. The highest BCUT2D eigenvalue weighted by atomic mass is 15.3. The average Bonchev–Trinajstić information content (AvgIpc) is 2.39. The molecule has 2 fully saturated rings. The molecule has 0 radical (unpaired) electrons. The standard InChI is InChI=1S/C16H32N2/c1-5-14-6-8-15(9-7-14)18-11-16(12(2)3)17-10-13(18)4/h12-17H,5-11H2,1-4H3. The molecule has 2 unspecified atom stereocenters. The van der Waals surface area contributed by atoms with E-state index >= 15 is 0 Å². The molecule has 0 aromatic carbocycles. The highest BCUT2D eigenvalue weighted by Crippen LogP contribution is 2.31.